The van der Waals surface area contributed by atoms with E-state index in [0.717, 1.165) is 18.5 Å². The molecule has 0 radical (unpaired) electrons. The number of aryl methyl sites for hydroxylation is 3. The van der Waals surface area contributed by atoms with Gasteiger partial charge in [0, 0.05) is 28.9 Å². The van der Waals surface area contributed by atoms with Gasteiger partial charge in [-0.25, -0.2) is 0 Å². The molecular formula is C13H20N4S. The molecule has 18 heavy (non-hydrogen) atoms. The molecule has 4 nitrogen and oxygen atoms in total. The third-order valence-corrected chi connectivity index (χ3v) is 4.22. The van der Waals surface area contributed by atoms with E-state index in [4.69, 9.17) is 5.84 Å². The topological polar surface area (TPSA) is 55.9 Å². The third-order valence-electron chi connectivity index (χ3n) is 3.11. The van der Waals surface area contributed by atoms with E-state index < -0.39 is 0 Å². The standard InChI is InChI=1S/C13H20N4S/c1-4-10-7-11(17(3)16-10)8-12(15-14)13-6-5-9(2)18-13/h5-7,12,15H,4,8,14H2,1-3H3. The summed E-state index contributed by atoms with van der Waals surface area (Å²) >= 11 is 1.79. The number of nitrogens with two attached hydrogens (primary N) is 1. The molecule has 0 aromatic carbocycles. The van der Waals surface area contributed by atoms with E-state index in [0.29, 0.717) is 0 Å². The first-order valence-electron chi connectivity index (χ1n) is 6.18. The lowest BCUT2D eigenvalue weighted by Crippen LogP contribution is -2.29. The fourth-order valence-electron chi connectivity index (χ4n) is 2.03. The van der Waals surface area contributed by atoms with Gasteiger partial charge in [0.2, 0.25) is 0 Å². The Labute approximate surface area is 112 Å². The smallest absolute Gasteiger partial charge is 0.0624 e. The molecule has 2 aromatic rings. The third kappa shape index (κ3) is 2.80. The second kappa shape index (κ2) is 5.65. The van der Waals surface area contributed by atoms with Gasteiger partial charge < -0.3 is 0 Å². The molecule has 0 saturated heterocycles. The molecule has 3 N–H and O–H groups in total. The number of nitrogens with one attached hydrogen (secondary N) is 1. The van der Waals surface area contributed by atoms with Crippen molar-refractivity contribution < 1.29 is 0 Å². The summed E-state index contributed by atoms with van der Waals surface area (Å²) in [5.74, 6) is 5.68. The van der Waals surface area contributed by atoms with E-state index in [2.05, 4.69) is 42.6 Å². The fraction of sp³-hybridized carbons (Fsp3) is 0.462. The van der Waals surface area contributed by atoms with Crippen molar-refractivity contribution in [3.63, 3.8) is 0 Å². The van der Waals surface area contributed by atoms with Crippen LogP contribution >= 0.6 is 11.3 Å². The molecule has 0 spiro atoms. The summed E-state index contributed by atoms with van der Waals surface area (Å²) < 4.78 is 1.95. The predicted octanol–water partition coefficient (Wildman–Crippen LogP) is 2.10. The number of thiophene rings is 1. The lowest BCUT2D eigenvalue weighted by molar-refractivity contribution is 0.537. The first-order valence-corrected chi connectivity index (χ1v) is 7.00. The summed E-state index contributed by atoms with van der Waals surface area (Å²) in [5.41, 5.74) is 5.24. The van der Waals surface area contributed by atoms with E-state index in [-0.39, 0.29) is 6.04 Å². The molecular weight excluding hydrogens is 244 g/mol. The van der Waals surface area contributed by atoms with Crippen molar-refractivity contribution in [3.05, 3.63) is 39.3 Å². The Kier molecular flexibility index (Phi) is 4.16. The first-order chi connectivity index (χ1) is 8.63. The van der Waals surface area contributed by atoms with Crippen LogP contribution in [0.25, 0.3) is 0 Å². The minimum atomic E-state index is 0.156. The fourth-order valence-corrected chi connectivity index (χ4v) is 2.96. The second-order valence-corrected chi connectivity index (χ2v) is 5.80. The van der Waals surface area contributed by atoms with Gasteiger partial charge >= 0.3 is 0 Å². The van der Waals surface area contributed by atoms with Crippen LogP contribution in [0.4, 0.5) is 0 Å². The molecule has 0 aliphatic carbocycles. The van der Waals surface area contributed by atoms with Gasteiger partial charge in [-0.15, -0.1) is 11.3 Å². The Bertz CT molecular complexity index is 515. The van der Waals surface area contributed by atoms with Gasteiger partial charge in [-0.05, 0) is 31.5 Å². The van der Waals surface area contributed by atoms with Crippen molar-refractivity contribution in [2.45, 2.75) is 32.7 Å². The number of aromatic nitrogens is 2. The number of hydrazine groups is 1. The van der Waals surface area contributed by atoms with Crippen molar-refractivity contribution >= 4 is 11.3 Å². The Morgan fingerprint density at radius 2 is 2.28 bits per heavy atom. The van der Waals surface area contributed by atoms with Crippen molar-refractivity contribution in [3.8, 4) is 0 Å². The maximum Gasteiger partial charge on any atom is 0.0624 e. The van der Waals surface area contributed by atoms with Crippen LogP contribution in [0.5, 0.6) is 0 Å². The average Bonchev–Trinajstić information content (AvgIpc) is 2.93. The van der Waals surface area contributed by atoms with E-state index in [1.54, 1.807) is 11.3 Å². The molecule has 98 valence electrons. The summed E-state index contributed by atoms with van der Waals surface area (Å²) in [5, 5.41) is 4.47. The highest BCUT2D eigenvalue weighted by Gasteiger charge is 2.15. The highest BCUT2D eigenvalue weighted by Crippen LogP contribution is 2.25. The van der Waals surface area contributed by atoms with Gasteiger partial charge in [0.1, 0.15) is 0 Å². The van der Waals surface area contributed by atoms with Crippen molar-refractivity contribution in [2.75, 3.05) is 0 Å². The molecule has 0 saturated carbocycles. The largest absolute Gasteiger partial charge is 0.272 e. The number of hydrogen-bond acceptors (Lipinski definition) is 4. The molecule has 1 atom stereocenters. The Morgan fingerprint density at radius 3 is 2.78 bits per heavy atom. The molecule has 2 heterocycles. The van der Waals surface area contributed by atoms with Crippen molar-refractivity contribution in [1.82, 2.24) is 15.2 Å². The molecule has 0 fully saturated rings. The maximum atomic E-state index is 5.68. The molecule has 0 aliphatic heterocycles. The van der Waals surface area contributed by atoms with Crippen LogP contribution in [0.3, 0.4) is 0 Å². The molecule has 2 aromatic heterocycles. The monoisotopic (exact) mass is 264 g/mol. The van der Waals surface area contributed by atoms with Crippen LogP contribution in [0.15, 0.2) is 18.2 Å². The first kappa shape index (κ1) is 13.3. The van der Waals surface area contributed by atoms with Gasteiger partial charge in [0.05, 0.1) is 11.7 Å². The lowest BCUT2D eigenvalue weighted by atomic mass is 10.1. The van der Waals surface area contributed by atoms with Crippen LogP contribution < -0.4 is 11.3 Å². The normalized spacial score (nSPS) is 12.9. The highest BCUT2D eigenvalue weighted by molar-refractivity contribution is 7.12. The quantitative estimate of drug-likeness (QED) is 0.642. The predicted molar refractivity (Wildman–Crippen MR) is 75.4 cm³/mol. The molecule has 0 bridgehead atoms. The van der Waals surface area contributed by atoms with E-state index in [9.17, 15) is 0 Å². The van der Waals surface area contributed by atoms with E-state index in [1.165, 1.54) is 15.4 Å². The summed E-state index contributed by atoms with van der Waals surface area (Å²) in [6.07, 6.45) is 1.83. The van der Waals surface area contributed by atoms with Crippen LogP contribution in [0.2, 0.25) is 0 Å². The lowest BCUT2D eigenvalue weighted by Gasteiger charge is -2.14. The van der Waals surface area contributed by atoms with Gasteiger partial charge in [0.25, 0.3) is 0 Å². The van der Waals surface area contributed by atoms with E-state index in [1.807, 2.05) is 11.7 Å². The minimum Gasteiger partial charge on any atom is -0.272 e. The number of nitrogens with zero attached hydrogens (tertiary/aromatic N) is 2. The minimum absolute atomic E-state index is 0.156. The Morgan fingerprint density at radius 1 is 1.50 bits per heavy atom. The van der Waals surface area contributed by atoms with Crippen LogP contribution in [0, 0.1) is 6.92 Å². The van der Waals surface area contributed by atoms with Crippen molar-refractivity contribution in [2.24, 2.45) is 12.9 Å². The molecule has 1 unspecified atom stereocenters. The highest BCUT2D eigenvalue weighted by atomic mass is 32.1. The summed E-state index contributed by atoms with van der Waals surface area (Å²) in [6, 6.07) is 6.58. The molecule has 0 aliphatic rings. The zero-order valence-corrected chi connectivity index (χ0v) is 11.9. The summed E-state index contributed by atoms with van der Waals surface area (Å²) in [6.45, 7) is 4.23. The van der Waals surface area contributed by atoms with Crippen LogP contribution in [0.1, 0.15) is 34.1 Å². The number of hydrogen-bond donors (Lipinski definition) is 2. The molecule has 0 amide bonds. The van der Waals surface area contributed by atoms with Gasteiger partial charge in [-0.1, -0.05) is 6.92 Å². The van der Waals surface area contributed by atoms with Crippen LogP contribution in [-0.4, -0.2) is 9.78 Å². The number of rotatable bonds is 5. The van der Waals surface area contributed by atoms with Crippen LogP contribution in [-0.2, 0) is 19.9 Å². The van der Waals surface area contributed by atoms with Gasteiger partial charge in [0.15, 0.2) is 0 Å². The van der Waals surface area contributed by atoms with Gasteiger partial charge in [-0.2, -0.15) is 5.10 Å². The Balaban J connectivity index is 2.17. The van der Waals surface area contributed by atoms with Gasteiger partial charge in [-0.3, -0.25) is 16.0 Å². The van der Waals surface area contributed by atoms with E-state index >= 15 is 0 Å². The molecule has 5 heteroatoms. The summed E-state index contributed by atoms with van der Waals surface area (Å²) in [4.78, 5) is 2.58. The zero-order chi connectivity index (χ0) is 13.1. The SMILES string of the molecule is CCc1cc(CC(NN)c2ccc(C)s2)n(C)n1. The second-order valence-electron chi connectivity index (χ2n) is 4.48. The summed E-state index contributed by atoms with van der Waals surface area (Å²) in [7, 11) is 1.99. The Hall–Kier alpha value is -1.17. The average molecular weight is 264 g/mol. The maximum absolute atomic E-state index is 5.68. The zero-order valence-electron chi connectivity index (χ0n) is 11.1. The molecule has 2 rings (SSSR count). The van der Waals surface area contributed by atoms with Crippen molar-refractivity contribution in [1.29, 1.82) is 0 Å².